The van der Waals surface area contributed by atoms with Gasteiger partial charge in [-0.3, -0.25) is 0 Å². The van der Waals surface area contributed by atoms with Crippen LogP contribution in [0.25, 0.3) is 0 Å². The highest BCUT2D eigenvalue weighted by molar-refractivity contribution is 5.75. The van der Waals surface area contributed by atoms with Crippen LogP contribution in [0.1, 0.15) is 64.7 Å². The summed E-state index contributed by atoms with van der Waals surface area (Å²) in [4.78, 5) is 14.5. The second-order valence-electron chi connectivity index (χ2n) is 7.18. The Hall–Kier alpha value is -0.770. The Bertz CT molecular complexity index is 373. The van der Waals surface area contributed by atoms with Gasteiger partial charge in [-0.05, 0) is 39.0 Å². The van der Waals surface area contributed by atoms with Crippen LogP contribution in [0, 0.1) is 5.41 Å². The fourth-order valence-electron chi connectivity index (χ4n) is 4.88. The van der Waals surface area contributed by atoms with Crippen LogP contribution in [0.4, 0.5) is 4.79 Å². The van der Waals surface area contributed by atoms with Gasteiger partial charge in [0.05, 0.1) is 6.10 Å². The molecule has 0 saturated heterocycles. The van der Waals surface area contributed by atoms with E-state index in [4.69, 9.17) is 4.74 Å². The summed E-state index contributed by atoms with van der Waals surface area (Å²) in [6, 6.07) is 0.910. The molecular weight excluding hydrogens is 264 g/mol. The zero-order valence-corrected chi connectivity index (χ0v) is 13.6. The van der Waals surface area contributed by atoms with Gasteiger partial charge in [-0.15, -0.1) is 0 Å². The van der Waals surface area contributed by atoms with Gasteiger partial charge in [-0.25, -0.2) is 4.79 Å². The third kappa shape index (κ3) is 2.67. The van der Waals surface area contributed by atoms with E-state index in [2.05, 4.69) is 12.2 Å². The van der Waals surface area contributed by atoms with Crippen molar-refractivity contribution in [3.8, 4) is 0 Å². The number of carbonyl (C=O) groups is 1. The van der Waals surface area contributed by atoms with Crippen LogP contribution in [0.5, 0.6) is 0 Å². The lowest BCUT2D eigenvalue weighted by molar-refractivity contribution is -0.151. The second kappa shape index (κ2) is 6.15. The third-order valence-corrected chi connectivity index (χ3v) is 6.12. The molecular formula is C17H30N2O2. The number of rotatable bonds is 4. The van der Waals surface area contributed by atoms with Gasteiger partial charge in [0.15, 0.2) is 0 Å². The highest BCUT2D eigenvalue weighted by atomic mass is 16.5. The molecule has 4 heteroatoms. The first-order chi connectivity index (χ1) is 10.2. The lowest BCUT2D eigenvalue weighted by Gasteiger charge is -2.56. The number of carbonyl (C=O) groups excluding carboxylic acids is 1. The topological polar surface area (TPSA) is 41.6 Å². The lowest BCUT2D eigenvalue weighted by atomic mass is 9.60. The normalized spacial score (nSPS) is 31.3. The fourth-order valence-corrected chi connectivity index (χ4v) is 4.88. The van der Waals surface area contributed by atoms with Gasteiger partial charge in [0, 0.05) is 31.2 Å². The zero-order valence-electron chi connectivity index (χ0n) is 13.6. The van der Waals surface area contributed by atoms with Crippen molar-refractivity contribution >= 4 is 6.03 Å². The van der Waals surface area contributed by atoms with Gasteiger partial charge in [0.2, 0.25) is 0 Å². The van der Waals surface area contributed by atoms with E-state index in [0.29, 0.717) is 18.2 Å². The van der Waals surface area contributed by atoms with Crippen molar-refractivity contribution in [2.75, 3.05) is 13.7 Å². The van der Waals surface area contributed by atoms with E-state index in [1.165, 1.54) is 38.5 Å². The maximum atomic E-state index is 12.5. The average molecular weight is 294 g/mol. The number of nitrogens with one attached hydrogen (secondary N) is 1. The van der Waals surface area contributed by atoms with Gasteiger partial charge >= 0.3 is 6.03 Å². The molecule has 0 aliphatic heterocycles. The molecule has 0 heterocycles. The minimum Gasteiger partial charge on any atom is -0.378 e. The van der Waals surface area contributed by atoms with Gasteiger partial charge in [-0.1, -0.05) is 25.7 Å². The molecule has 3 aliphatic carbocycles. The summed E-state index contributed by atoms with van der Waals surface area (Å²) < 4.78 is 5.95. The van der Waals surface area contributed by atoms with E-state index in [1.807, 2.05) is 11.9 Å². The quantitative estimate of drug-likeness (QED) is 0.864. The van der Waals surface area contributed by atoms with Crippen molar-refractivity contribution in [1.82, 2.24) is 10.2 Å². The molecule has 1 spiro atoms. The third-order valence-electron chi connectivity index (χ3n) is 6.12. The summed E-state index contributed by atoms with van der Waals surface area (Å²) in [5.74, 6) is 0. The van der Waals surface area contributed by atoms with E-state index in [0.717, 1.165) is 25.9 Å². The van der Waals surface area contributed by atoms with Crippen LogP contribution in [0.3, 0.4) is 0 Å². The molecule has 2 atom stereocenters. The largest absolute Gasteiger partial charge is 0.378 e. The average Bonchev–Trinajstić information content (AvgIpc) is 3.14. The standard InChI is InChI=1S/C17H30N2O2/c1-3-21-15-12-14(17(15)10-6-7-11-17)19(2)16(20)18-13-8-4-5-9-13/h13-15H,3-12H2,1-2H3,(H,18,20)/t14-,15-/m0/s1. The SMILES string of the molecule is CCO[C@H]1C[C@H](N(C)C(=O)NC2CCCC2)C12CCCC2. The van der Waals surface area contributed by atoms with E-state index >= 15 is 0 Å². The van der Waals surface area contributed by atoms with Gasteiger partial charge in [0.25, 0.3) is 0 Å². The first-order valence-corrected chi connectivity index (χ1v) is 8.82. The zero-order chi connectivity index (χ0) is 14.9. The van der Waals surface area contributed by atoms with Crippen molar-refractivity contribution in [1.29, 1.82) is 0 Å². The monoisotopic (exact) mass is 294 g/mol. The highest BCUT2D eigenvalue weighted by Gasteiger charge is 2.58. The van der Waals surface area contributed by atoms with Gasteiger partial charge in [-0.2, -0.15) is 0 Å². The predicted octanol–water partition coefficient (Wildman–Crippen LogP) is 3.31. The summed E-state index contributed by atoms with van der Waals surface area (Å²) in [7, 11) is 1.98. The Balaban J connectivity index is 1.61. The number of urea groups is 1. The van der Waals surface area contributed by atoms with Crippen LogP contribution >= 0.6 is 0 Å². The highest BCUT2D eigenvalue weighted by Crippen LogP contribution is 2.56. The molecule has 0 aromatic carbocycles. The van der Waals surface area contributed by atoms with E-state index in [9.17, 15) is 4.79 Å². The van der Waals surface area contributed by atoms with Crippen LogP contribution in [0.15, 0.2) is 0 Å². The predicted molar refractivity (Wildman–Crippen MR) is 83.3 cm³/mol. The van der Waals surface area contributed by atoms with Gasteiger partial charge in [0.1, 0.15) is 0 Å². The number of amides is 2. The molecule has 0 bridgehead atoms. The molecule has 120 valence electrons. The maximum absolute atomic E-state index is 12.5. The van der Waals surface area contributed by atoms with E-state index in [-0.39, 0.29) is 11.4 Å². The Morgan fingerprint density at radius 1 is 1.24 bits per heavy atom. The van der Waals surface area contributed by atoms with Crippen molar-refractivity contribution in [3.63, 3.8) is 0 Å². The van der Waals surface area contributed by atoms with Crippen molar-refractivity contribution in [3.05, 3.63) is 0 Å². The molecule has 3 fully saturated rings. The molecule has 3 aliphatic rings. The summed E-state index contributed by atoms with van der Waals surface area (Å²) >= 11 is 0. The Kier molecular flexibility index (Phi) is 4.43. The smallest absolute Gasteiger partial charge is 0.317 e. The minimum atomic E-state index is 0.133. The first kappa shape index (κ1) is 15.1. The molecule has 3 saturated carbocycles. The van der Waals surface area contributed by atoms with Crippen molar-refractivity contribution in [2.24, 2.45) is 5.41 Å². The van der Waals surface area contributed by atoms with Crippen LogP contribution in [-0.4, -0.2) is 42.8 Å². The molecule has 3 rings (SSSR count). The van der Waals surface area contributed by atoms with Crippen LogP contribution < -0.4 is 5.32 Å². The Morgan fingerprint density at radius 3 is 2.52 bits per heavy atom. The molecule has 0 unspecified atom stereocenters. The first-order valence-electron chi connectivity index (χ1n) is 8.82. The molecule has 1 N–H and O–H groups in total. The molecule has 4 nitrogen and oxygen atoms in total. The molecule has 2 amide bonds. The summed E-state index contributed by atoms with van der Waals surface area (Å²) in [5.41, 5.74) is 0.248. The van der Waals surface area contributed by atoms with Crippen molar-refractivity contribution in [2.45, 2.75) is 82.9 Å². The van der Waals surface area contributed by atoms with E-state index in [1.54, 1.807) is 0 Å². The molecule has 0 radical (unpaired) electrons. The molecule has 21 heavy (non-hydrogen) atoms. The summed E-state index contributed by atoms with van der Waals surface area (Å²) in [6.07, 6.45) is 11.2. The van der Waals surface area contributed by atoms with Crippen LogP contribution in [0.2, 0.25) is 0 Å². The van der Waals surface area contributed by atoms with Crippen LogP contribution in [-0.2, 0) is 4.74 Å². The number of ether oxygens (including phenoxy) is 1. The molecule has 0 aromatic heterocycles. The second-order valence-corrected chi connectivity index (χ2v) is 7.18. The number of hydrogen-bond donors (Lipinski definition) is 1. The van der Waals surface area contributed by atoms with Crippen molar-refractivity contribution < 1.29 is 9.53 Å². The number of nitrogens with zero attached hydrogens (tertiary/aromatic N) is 1. The summed E-state index contributed by atoms with van der Waals surface area (Å²) in [5, 5.41) is 3.23. The fraction of sp³-hybridized carbons (Fsp3) is 0.941. The molecule has 0 aromatic rings. The van der Waals surface area contributed by atoms with E-state index < -0.39 is 0 Å². The Labute approximate surface area is 128 Å². The number of hydrogen-bond acceptors (Lipinski definition) is 2. The summed E-state index contributed by atoms with van der Waals surface area (Å²) in [6.45, 7) is 2.86. The van der Waals surface area contributed by atoms with Gasteiger partial charge < -0.3 is 15.0 Å². The Morgan fingerprint density at radius 2 is 1.90 bits per heavy atom. The maximum Gasteiger partial charge on any atom is 0.317 e. The lowest BCUT2D eigenvalue weighted by Crippen LogP contribution is -2.65. The minimum absolute atomic E-state index is 0.133.